The fraction of sp³-hybridized carbons (Fsp3) is 0.368. The van der Waals surface area contributed by atoms with E-state index < -0.39 is 0 Å². The standard InChI is InChI=1S/C19H21N3O2/c1-2-6-14(7-3-1)12-15-8-4-9-16(15)20-13-18-21-22-19(24-18)17-10-5-11-23-17/h1-3,5-7,10-11,15-16,20H,4,8-9,12-13H2. The van der Waals surface area contributed by atoms with Crippen LogP contribution in [0.2, 0.25) is 0 Å². The van der Waals surface area contributed by atoms with E-state index in [2.05, 4.69) is 45.8 Å². The van der Waals surface area contributed by atoms with Gasteiger partial charge in [0, 0.05) is 6.04 Å². The summed E-state index contributed by atoms with van der Waals surface area (Å²) in [6.07, 6.45) is 6.48. The molecule has 3 aromatic rings. The summed E-state index contributed by atoms with van der Waals surface area (Å²) in [5.41, 5.74) is 1.41. The zero-order valence-corrected chi connectivity index (χ0v) is 13.5. The minimum absolute atomic E-state index is 0.434. The quantitative estimate of drug-likeness (QED) is 0.747. The highest BCUT2D eigenvalue weighted by Gasteiger charge is 2.27. The smallest absolute Gasteiger partial charge is 0.283 e. The molecule has 5 heteroatoms. The van der Waals surface area contributed by atoms with Crippen molar-refractivity contribution in [3.8, 4) is 11.7 Å². The van der Waals surface area contributed by atoms with Crippen LogP contribution in [0, 0.1) is 5.92 Å². The molecule has 0 spiro atoms. The fourth-order valence-electron chi connectivity index (χ4n) is 3.51. The summed E-state index contributed by atoms with van der Waals surface area (Å²) in [6.45, 7) is 0.601. The lowest BCUT2D eigenvalue weighted by Crippen LogP contribution is -2.33. The minimum Gasteiger partial charge on any atom is -0.459 e. The molecule has 2 heterocycles. The molecule has 1 N–H and O–H groups in total. The molecule has 0 aliphatic heterocycles. The van der Waals surface area contributed by atoms with Crippen LogP contribution in [0.25, 0.3) is 11.7 Å². The van der Waals surface area contributed by atoms with Gasteiger partial charge in [-0.25, -0.2) is 0 Å². The van der Waals surface area contributed by atoms with Crippen molar-refractivity contribution in [2.24, 2.45) is 5.92 Å². The molecule has 0 saturated heterocycles. The number of furan rings is 1. The normalized spacial score (nSPS) is 20.5. The highest BCUT2D eigenvalue weighted by molar-refractivity contribution is 5.42. The van der Waals surface area contributed by atoms with E-state index in [4.69, 9.17) is 8.83 Å². The first-order chi connectivity index (χ1) is 11.9. The van der Waals surface area contributed by atoms with Crippen molar-refractivity contribution in [1.29, 1.82) is 0 Å². The van der Waals surface area contributed by atoms with Crippen LogP contribution in [-0.2, 0) is 13.0 Å². The lowest BCUT2D eigenvalue weighted by Gasteiger charge is -2.20. The molecule has 1 fully saturated rings. The Morgan fingerprint density at radius 1 is 1.04 bits per heavy atom. The molecule has 0 amide bonds. The Bertz CT molecular complexity index is 752. The van der Waals surface area contributed by atoms with Crippen LogP contribution in [0.3, 0.4) is 0 Å². The Balaban J connectivity index is 1.35. The van der Waals surface area contributed by atoms with Crippen molar-refractivity contribution in [2.45, 2.75) is 38.3 Å². The van der Waals surface area contributed by atoms with E-state index in [1.54, 1.807) is 6.26 Å². The van der Waals surface area contributed by atoms with Crippen LogP contribution >= 0.6 is 0 Å². The zero-order chi connectivity index (χ0) is 16.2. The summed E-state index contributed by atoms with van der Waals surface area (Å²) >= 11 is 0. The second kappa shape index (κ2) is 7.01. The minimum atomic E-state index is 0.434. The number of benzene rings is 1. The van der Waals surface area contributed by atoms with Crippen LogP contribution in [0.4, 0.5) is 0 Å². The monoisotopic (exact) mass is 323 g/mol. The number of nitrogens with zero attached hydrogens (tertiary/aromatic N) is 2. The first-order valence-electron chi connectivity index (χ1n) is 8.52. The molecular formula is C19H21N3O2. The van der Waals surface area contributed by atoms with E-state index in [1.165, 1.54) is 24.8 Å². The molecule has 5 nitrogen and oxygen atoms in total. The van der Waals surface area contributed by atoms with Gasteiger partial charge in [-0.15, -0.1) is 10.2 Å². The molecule has 24 heavy (non-hydrogen) atoms. The van der Waals surface area contributed by atoms with Gasteiger partial charge in [-0.3, -0.25) is 0 Å². The van der Waals surface area contributed by atoms with Crippen molar-refractivity contribution in [3.05, 3.63) is 60.2 Å². The van der Waals surface area contributed by atoms with Crippen molar-refractivity contribution < 1.29 is 8.83 Å². The largest absolute Gasteiger partial charge is 0.459 e. The summed E-state index contributed by atoms with van der Waals surface area (Å²) < 4.78 is 10.9. The Morgan fingerprint density at radius 3 is 2.79 bits per heavy atom. The molecule has 1 aliphatic carbocycles. The molecule has 2 atom stereocenters. The van der Waals surface area contributed by atoms with Crippen LogP contribution in [-0.4, -0.2) is 16.2 Å². The molecule has 1 saturated carbocycles. The maximum Gasteiger partial charge on any atom is 0.283 e. The van der Waals surface area contributed by atoms with E-state index in [1.807, 2.05) is 12.1 Å². The molecular weight excluding hydrogens is 302 g/mol. The van der Waals surface area contributed by atoms with Gasteiger partial charge < -0.3 is 14.2 Å². The molecule has 2 aromatic heterocycles. The average molecular weight is 323 g/mol. The van der Waals surface area contributed by atoms with E-state index in [0.29, 0.717) is 36.0 Å². The molecule has 2 unspecified atom stereocenters. The highest BCUT2D eigenvalue weighted by atomic mass is 16.4. The SMILES string of the molecule is c1ccc(CC2CCCC2NCc2nnc(-c3ccco3)o2)cc1. The van der Waals surface area contributed by atoms with Crippen LogP contribution in [0.1, 0.15) is 30.7 Å². The predicted octanol–water partition coefficient (Wildman–Crippen LogP) is 3.83. The van der Waals surface area contributed by atoms with Gasteiger partial charge in [0.1, 0.15) is 0 Å². The fourth-order valence-corrected chi connectivity index (χ4v) is 3.51. The van der Waals surface area contributed by atoms with Gasteiger partial charge in [0.05, 0.1) is 12.8 Å². The van der Waals surface area contributed by atoms with Crippen molar-refractivity contribution in [2.75, 3.05) is 0 Å². The maximum atomic E-state index is 5.66. The lowest BCUT2D eigenvalue weighted by atomic mass is 9.94. The second-order valence-corrected chi connectivity index (χ2v) is 6.35. The molecule has 0 bridgehead atoms. The topological polar surface area (TPSA) is 64.1 Å². The van der Waals surface area contributed by atoms with Crippen molar-refractivity contribution in [1.82, 2.24) is 15.5 Å². The second-order valence-electron chi connectivity index (χ2n) is 6.35. The number of hydrogen-bond acceptors (Lipinski definition) is 5. The summed E-state index contributed by atoms with van der Waals surface area (Å²) in [7, 11) is 0. The maximum absolute atomic E-state index is 5.66. The Kier molecular flexibility index (Phi) is 4.42. The predicted molar refractivity (Wildman–Crippen MR) is 90.1 cm³/mol. The number of aromatic nitrogens is 2. The van der Waals surface area contributed by atoms with Gasteiger partial charge in [-0.2, -0.15) is 0 Å². The summed E-state index contributed by atoms with van der Waals surface area (Å²) in [6, 6.07) is 14.8. The number of nitrogens with one attached hydrogen (secondary N) is 1. The summed E-state index contributed by atoms with van der Waals surface area (Å²) in [5.74, 6) is 2.31. The average Bonchev–Trinajstić information content (AvgIpc) is 3.36. The summed E-state index contributed by atoms with van der Waals surface area (Å²) in [4.78, 5) is 0. The lowest BCUT2D eigenvalue weighted by molar-refractivity contribution is 0.370. The Hall–Kier alpha value is -2.40. The van der Waals surface area contributed by atoms with Gasteiger partial charge >= 0.3 is 0 Å². The van der Waals surface area contributed by atoms with Gasteiger partial charge in [-0.1, -0.05) is 36.8 Å². The molecule has 1 aliphatic rings. The first-order valence-corrected chi connectivity index (χ1v) is 8.52. The molecule has 1 aromatic carbocycles. The number of hydrogen-bond donors (Lipinski definition) is 1. The third kappa shape index (κ3) is 3.41. The number of rotatable bonds is 6. The third-order valence-electron chi connectivity index (χ3n) is 4.71. The first kappa shape index (κ1) is 15.1. The third-order valence-corrected chi connectivity index (χ3v) is 4.71. The summed E-state index contributed by atoms with van der Waals surface area (Å²) in [5, 5.41) is 11.7. The van der Waals surface area contributed by atoms with Crippen LogP contribution < -0.4 is 5.32 Å². The van der Waals surface area contributed by atoms with Crippen molar-refractivity contribution in [3.63, 3.8) is 0 Å². The molecule has 4 rings (SSSR count). The molecule has 0 radical (unpaired) electrons. The van der Waals surface area contributed by atoms with E-state index in [-0.39, 0.29) is 0 Å². The van der Waals surface area contributed by atoms with E-state index >= 15 is 0 Å². The van der Waals surface area contributed by atoms with E-state index in [0.717, 1.165) is 6.42 Å². The van der Waals surface area contributed by atoms with Gasteiger partial charge in [0.25, 0.3) is 5.89 Å². The van der Waals surface area contributed by atoms with Gasteiger partial charge in [0.2, 0.25) is 5.89 Å². The van der Waals surface area contributed by atoms with Gasteiger partial charge in [-0.05, 0) is 42.9 Å². The highest BCUT2D eigenvalue weighted by Crippen LogP contribution is 2.29. The van der Waals surface area contributed by atoms with Gasteiger partial charge in [0.15, 0.2) is 5.76 Å². The molecule has 124 valence electrons. The Morgan fingerprint density at radius 2 is 1.96 bits per heavy atom. The zero-order valence-electron chi connectivity index (χ0n) is 13.5. The van der Waals surface area contributed by atoms with E-state index in [9.17, 15) is 0 Å². The van der Waals surface area contributed by atoms with Crippen LogP contribution in [0.15, 0.2) is 57.6 Å². The van der Waals surface area contributed by atoms with Crippen LogP contribution in [0.5, 0.6) is 0 Å². The van der Waals surface area contributed by atoms with Crippen molar-refractivity contribution >= 4 is 0 Å². The Labute approximate surface area is 141 Å².